The second kappa shape index (κ2) is 7.10. The molecule has 2 heteroatoms. The van der Waals surface area contributed by atoms with Crippen LogP contribution in [0.4, 0.5) is 5.69 Å². The van der Waals surface area contributed by atoms with Crippen LogP contribution in [0.2, 0.25) is 0 Å². The molecule has 0 aliphatic heterocycles. The molecular weight excluding hydrogens is 246 g/mol. The number of amides is 1. The van der Waals surface area contributed by atoms with Crippen molar-refractivity contribution in [1.82, 2.24) is 0 Å². The maximum absolute atomic E-state index is 11.9. The lowest BCUT2D eigenvalue weighted by Crippen LogP contribution is -2.29. The van der Waals surface area contributed by atoms with E-state index >= 15 is 0 Å². The topological polar surface area (TPSA) is 20.3 Å². The Morgan fingerprint density at radius 1 is 1.00 bits per heavy atom. The molecule has 0 aliphatic carbocycles. The highest BCUT2D eigenvalue weighted by Crippen LogP contribution is 2.14. The minimum atomic E-state index is -0.103. The van der Waals surface area contributed by atoms with E-state index in [0.29, 0.717) is 6.54 Å². The average molecular weight is 263 g/mol. The largest absolute Gasteiger partial charge is 0.305 e. The van der Waals surface area contributed by atoms with Crippen LogP contribution in [0.3, 0.4) is 0 Å². The number of rotatable bonds is 5. The molecule has 2 aromatic carbocycles. The fourth-order valence-corrected chi connectivity index (χ4v) is 1.90. The van der Waals surface area contributed by atoms with Crippen LogP contribution in [0, 0.1) is 0 Å². The van der Waals surface area contributed by atoms with Gasteiger partial charge in [0.25, 0.3) is 5.91 Å². The zero-order valence-electron chi connectivity index (χ0n) is 11.3. The van der Waals surface area contributed by atoms with E-state index in [4.69, 9.17) is 0 Å². The van der Waals surface area contributed by atoms with E-state index in [0.717, 1.165) is 11.3 Å². The van der Waals surface area contributed by atoms with E-state index in [2.05, 4.69) is 6.58 Å². The van der Waals surface area contributed by atoms with Crippen molar-refractivity contribution in [1.29, 1.82) is 0 Å². The molecule has 100 valence electrons. The summed E-state index contributed by atoms with van der Waals surface area (Å²) in [4.78, 5) is 13.6. The highest BCUT2D eigenvalue weighted by molar-refractivity contribution is 6.01. The molecule has 0 aromatic heterocycles. The first-order valence-electron chi connectivity index (χ1n) is 6.52. The van der Waals surface area contributed by atoms with E-state index in [9.17, 15) is 4.79 Å². The second-order valence-corrected chi connectivity index (χ2v) is 4.30. The van der Waals surface area contributed by atoms with Crippen molar-refractivity contribution in [2.24, 2.45) is 0 Å². The van der Waals surface area contributed by atoms with Crippen LogP contribution in [-0.4, -0.2) is 12.5 Å². The Kier molecular flexibility index (Phi) is 4.90. The molecule has 0 radical (unpaired) electrons. The summed E-state index contributed by atoms with van der Waals surface area (Å²) < 4.78 is 0. The van der Waals surface area contributed by atoms with Crippen molar-refractivity contribution >= 4 is 17.7 Å². The number of para-hydroxylation sites is 1. The average Bonchev–Trinajstić information content (AvgIpc) is 2.53. The van der Waals surface area contributed by atoms with Crippen molar-refractivity contribution in [3.05, 3.63) is 85.0 Å². The molecule has 0 fully saturated rings. The number of benzene rings is 2. The van der Waals surface area contributed by atoms with Crippen LogP contribution in [0.5, 0.6) is 0 Å². The lowest BCUT2D eigenvalue weighted by atomic mass is 10.2. The van der Waals surface area contributed by atoms with Crippen LogP contribution in [-0.2, 0) is 4.79 Å². The Morgan fingerprint density at radius 2 is 1.60 bits per heavy atom. The van der Waals surface area contributed by atoms with Crippen LogP contribution in [0.15, 0.2) is 79.4 Å². The van der Waals surface area contributed by atoms with Gasteiger partial charge in [0.2, 0.25) is 0 Å². The fourth-order valence-electron chi connectivity index (χ4n) is 1.90. The molecule has 2 aromatic rings. The molecule has 0 unspecified atom stereocenters. The normalized spacial score (nSPS) is 10.4. The molecule has 0 atom stereocenters. The first kappa shape index (κ1) is 13.8. The SMILES string of the molecule is C=CC(=O)N(C/C=C/c1ccccc1)c1ccccc1. The Hall–Kier alpha value is -2.61. The van der Waals surface area contributed by atoms with Gasteiger partial charge >= 0.3 is 0 Å². The van der Waals surface area contributed by atoms with Crippen LogP contribution in [0.25, 0.3) is 6.08 Å². The van der Waals surface area contributed by atoms with Crippen molar-refractivity contribution in [2.45, 2.75) is 0 Å². The van der Waals surface area contributed by atoms with E-state index in [1.165, 1.54) is 6.08 Å². The standard InChI is InChI=1S/C18H17NO/c1-2-18(20)19(17-13-7-4-8-14-17)15-9-12-16-10-5-3-6-11-16/h2-14H,1,15H2/b12-9+. The van der Waals surface area contributed by atoms with E-state index in [-0.39, 0.29) is 5.91 Å². The monoisotopic (exact) mass is 263 g/mol. The maximum Gasteiger partial charge on any atom is 0.250 e. The molecule has 20 heavy (non-hydrogen) atoms. The lowest BCUT2D eigenvalue weighted by Gasteiger charge is -2.19. The molecular formula is C18H17NO. The van der Waals surface area contributed by atoms with Gasteiger partial charge in [-0.3, -0.25) is 4.79 Å². The van der Waals surface area contributed by atoms with E-state index in [1.807, 2.05) is 72.8 Å². The molecule has 1 amide bonds. The number of nitrogens with zero attached hydrogens (tertiary/aromatic N) is 1. The summed E-state index contributed by atoms with van der Waals surface area (Å²) in [6, 6.07) is 19.6. The molecule has 0 N–H and O–H groups in total. The predicted molar refractivity (Wildman–Crippen MR) is 84.5 cm³/mol. The molecule has 0 heterocycles. The Morgan fingerprint density at radius 3 is 2.20 bits per heavy atom. The minimum absolute atomic E-state index is 0.103. The van der Waals surface area contributed by atoms with Crippen LogP contribution in [0.1, 0.15) is 5.56 Å². The van der Waals surface area contributed by atoms with Gasteiger partial charge in [-0.25, -0.2) is 0 Å². The van der Waals surface area contributed by atoms with E-state index in [1.54, 1.807) is 4.90 Å². The van der Waals surface area contributed by atoms with Gasteiger partial charge in [0.1, 0.15) is 0 Å². The predicted octanol–water partition coefficient (Wildman–Crippen LogP) is 3.92. The molecule has 2 rings (SSSR count). The molecule has 0 spiro atoms. The summed E-state index contributed by atoms with van der Waals surface area (Å²) in [7, 11) is 0. The minimum Gasteiger partial charge on any atom is -0.305 e. The van der Waals surface area contributed by atoms with Gasteiger partial charge in [-0.2, -0.15) is 0 Å². The number of anilines is 1. The smallest absolute Gasteiger partial charge is 0.250 e. The zero-order valence-corrected chi connectivity index (χ0v) is 11.3. The highest BCUT2D eigenvalue weighted by atomic mass is 16.2. The Labute approximate surface area is 119 Å². The van der Waals surface area contributed by atoms with Crippen molar-refractivity contribution < 1.29 is 4.79 Å². The maximum atomic E-state index is 11.9. The molecule has 0 aliphatic rings. The molecule has 0 bridgehead atoms. The Bertz CT molecular complexity index is 587. The third kappa shape index (κ3) is 3.69. The molecule has 2 nitrogen and oxygen atoms in total. The van der Waals surface area contributed by atoms with Gasteiger partial charge < -0.3 is 4.90 Å². The van der Waals surface area contributed by atoms with Crippen molar-refractivity contribution in [2.75, 3.05) is 11.4 Å². The Balaban J connectivity index is 2.11. The fraction of sp³-hybridized carbons (Fsp3) is 0.0556. The summed E-state index contributed by atoms with van der Waals surface area (Å²) in [5, 5.41) is 0. The highest BCUT2D eigenvalue weighted by Gasteiger charge is 2.09. The summed E-state index contributed by atoms with van der Waals surface area (Å²) in [6.07, 6.45) is 5.32. The summed E-state index contributed by atoms with van der Waals surface area (Å²) in [5.41, 5.74) is 1.99. The third-order valence-electron chi connectivity index (χ3n) is 2.91. The second-order valence-electron chi connectivity index (χ2n) is 4.30. The van der Waals surface area contributed by atoms with Gasteiger partial charge in [-0.05, 0) is 23.8 Å². The lowest BCUT2D eigenvalue weighted by molar-refractivity contribution is -0.114. The number of carbonyl (C=O) groups is 1. The van der Waals surface area contributed by atoms with Gasteiger partial charge in [0.05, 0.1) is 0 Å². The van der Waals surface area contributed by atoms with Gasteiger partial charge in [-0.15, -0.1) is 0 Å². The number of hydrogen-bond donors (Lipinski definition) is 0. The quantitative estimate of drug-likeness (QED) is 0.749. The number of hydrogen-bond acceptors (Lipinski definition) is 1. The molecule has 0 saturated carbocycles. The summed E-state index contributed by atoms with van der Waals surface area (Å²) in [6.45, 7) is 4.08. The molecule has 0 saturated heterocycles. The zero-order chi connectivity index (χ0) is 14.2. The summed E-state index contributed by atoms with van der Waals surface area (Å²) >= 11 is 0. The van der Waals surface area contributed by atoms with Gasteiger partial charge in [0.15, 0.2) is 0 Å². The first-order chi connectivity index (χ1) is 9.81. The van der Waals surface area contributed by atoms with Crippen molar-refractivity contribution in [3.63, 3.8) is 0 Å². The van der Waals surface area contributed by atoms with Gasteiger partial charge in [0, 0.05) is 12.2 Å². The van der Waals surface area contributed by atoms with Gasteiger partial charge in [-0.1, -0.05) is 67.3 Å². The van der Waals surface area contributed by atoms with Crippen molar-refractivity contribution in [3.8, 4) is 0 Å². The van der Waals surface area contributed by atoms with E-state index < -0.39 is 0 Å². The van der Waals surface area contributed by atoms with Crippen LogP contribution >= 0.6 is 0 Å². The first-order valence-corrected chi connectivity index (χ1v) is 6.52. The summed E-state index contributed by atoms with van der Waals surface area (Å²) in [5.74, 6) is -0.103. The van der Waals surface area contributed by atoms with Crippen LogP contribution < -0.4 is 4.90 Å². The third-order valence-corrected chi connectivity index (χ3v) is 2.91. The number of carbonyl (C=O) groups excluding carboxylic acids is 1.